The van der Waals surface area contributed by atoms with Gasteiger partial charge < -0.3 is 10.1 Å². The first-order chi connectivity index (χ1) is 16.2. The number of benzene rings is 2. The molecule has 0 aliphatic carbocycles. The zero-order valence-electron chi connectivity index (χ0n) is 18.7. The van der Waals surface area contributed by atoms with Gasteiger partial charge in [0, 0.05) is 34.0 Å². The Bertz CT molecular complexity index is 1230. The number of methoxy groups -OCH3 is 1. The van der Waals surface area contributed by atoms with Crippen molar-refractivity contribution in [2.24, 2.45) is 0 Å². The summed E-state index contributed by atoms with van der Waals surface area (Å²) in [7, 11) is 9.72. The number of pyridine rings is 1. The fourth-order valence-electron chi connectivity index (χ4n) is 4.41. The van der Waals surface area contributed by atoms with Crippen molar-refractivity contribution >= 4 is 72.9 Å². The van der Waals surface area contributed by atoms with E-state index in [9.17, 15) is 9.59 Å². The van der Waals surface area contributed by atoms with E-state index in [0.717, 1.165) is 21.5 Å². The summed E-state index contributed by atoms with van der Waals surface area (Å²) in [6.07, 6.45) is 1.66. The van der Waals surface area contributed by atoms with Gasteiger partial charge in [0.1, 0.15) is 17.6 Å². The van der Waals surface area contributed by atoms with Crippen LogP contribution >= 0.6 is 39.3 Å². The molecule has 0 bridgehead atoms. The molecule has 4 rings (SSSR count). The number of anilines is 1. The maximum atomic E-state index is 13.8. The summed E-state index contributed by atoms with van der Waals surface area (Å²) in [4.78, 5) is 33.1. The Morgan fingerprint density at radius 1 is 1.09 bits per heavy atom. The average Bonchev–Trinajstić information content (AvgIpc) is 3.03. The first-order valence-electron chi connectivity index (χ1n) is 10.6. The van der Waals surface area contributed by atoms with Crippen LogP contribution < -0.4 is 30.9 Å². The second kappa shape index (κ2) is 10.3. The third kappa shape index (κ3) is 4.70. The summed E-state index contributed by atoms with van der Waals surface area (Å²) >= 11 is 5.98. The molecule has 3 unspecified atom stereocenters. The molecule has 1 aromatic heterocycles. The van der Waals surface area contributed by atoms with Crippen LogP contribution in [0.5, 0.6) is 5.75 Å². The molecule has 2 amide bonds. The summed E-state index contributed by atoms with van der Waals surface area (Å²) in [6, 6.07) is 13.0. The Morgan fingerprint density at radius 2 is 1.74 bits per heavy atom. The highest BCUT2D eigenvalue weighted by atomic mass is 35.5. The summed E-state index contributed by atoms with van der Waals surface area (Å²) in [5.41, 5.74) is 1.38. The third-order valence-corrected chi connectivity index (χ3v) is 7.67. The molecule has 0 saturated carbocycles. The highest BCUT2D eigenvalue weighted by Crippen LogP contribution is 2.37. The first-order valence-corrected chi connectivity index (χ1v) is 12.7. The van der Waals surface area contributed by atoms with E-state index in [2.05, 4.69) is 38.0 Å². The second-order valence-electron chi connectivity index (χ2n) is 8.07. The Morgan fingerprint density at radius 3 is 2.32 bits per heavy atom. The molecule has 1 aliphatic heterocycles. The van der Waals surface area contributed by atoms with Gasteiger partial charge in [0.05, 0.1) is 7.11 Å². The fraction of sp³-hybridized carbons (Fsp3) is 0.208. The van der Waals surface area contributed by atoms with E-state index in [-0.39, 0.29) is 23.8 Å². The van der Waals surface area contributed by atoms with Gasteiger partial charge in [0.25, 0.3) is 11.8 Å². The van der Waals surface area contributed by atoms with Gasteiger partial charge in [0.2, 0.25) is 0 Å². The summed E-state index contributed by atoms with van der Waals surface area (Å²) < 4.78 is 5.41. The molecule has 1 N–H and O–H groups in total. The van der Waals surface area contributed by atoms with Crippen LogP contribution in [0.15, 0.2) is 54.7 Å². The van der Waals surface area contributed by atoms with Crippen LogP contribution in [0.1, 0.15) is 28.8 Å². The van der Waals surface area contributed by atoms with Crippen LogP contribution in [0.4, 0.5) is 5.82 Å². The van der Waals surface area contributed by atoms with Crippen LogP contribution in [-0.2, 0) is 4.79 Å². The lowest BCUT2D eigenvalue weighted by Crippen LogP contribution is -2.45. The Labute approximate surface area is 210 Å². The predicted molar refractivity (Wildman–Crippen MR) is 148 cm³/mol. The molecule has 10 heteroatoms. The van der Waals surface area contributed by atoms with Crippen LogP contribution in [0.3, 0.4) is 0 Å². The Hall–Kier alpha value is -2.09. The van der Waals surface area contributed by atoms with Crippen LogP contribution in [-0.4, -0.2) is 36.0 Å². The van der Waals surface area contributed by atoms with E-state index in [0.29, 0.717) is 22.2 Å². The standard InChI is InChI=1S/C24H25ClN3O3P3/c1-12-19(20-17(33)10-15(31-2)11-18(20)34)21(27-23(29)13-5-7-14(25)8-6-13)24(30)28(12)22-16(32)4-3-9-26-22/h3-12,19,21H,32-34H2,1-2H3,(H,27,29)/t12-,19-,21-/m0/s1. The van der Waals surface area contributed by atoms with Gasteiger partial charge in [-0.2, -0.15) is 0 Å². The number of hydrogen-bond donors (Lipinski definition) is 1. The minimum Gasteiger partial charge on any atom is -0.497 e. The highest BCUT2D eigenvalue weighted by molar-refractivity contribution is 7.30. The van der Waals surface area contributed by atoms with Crippen molar-refractivity contribution in [3.8, 4) is 5.75 Å². The summed E-state index contributed by atoms with van der Waals surface area (Å²) in [6.45, 7) is 1.98. The number of hydrogen-bond acceptors (Lipinski definition) is 4. The van der Waals surface area contributed by atoms with Gasteiger partial charge >= 0.3 is 0 Å². The van der Waals surface area contributed by atoms with Crippen molar-refractivity contribution in [1.82, 2.24) is 10.3 Å². The van der Waals surface area contributed by atoms with E-state index >= 15 is 0 Å². The number of nitrogens with zero attached hydrogens (tertiary/aromatic N) is 2. The average molecular weight is 532 g/mol. The number of halogens is 1. The predicted octanol–water partition coefficient (Wildman–Crippen LogP) is 2.56. The first kappa shape index (κ1) is 25.0. The Kier molecular flexibility index (Phi) is 7.55. The monoisotopic (exact) mass is 531 g/mol. The smallest absolute Gasteiger partial charge is 0.251 e. The molecule has 2 heterocycles. The largest absolute Gasteiger partial charge is 0.497 e. The minimum absolute atomic E-state index is 0.216. The molecule has 1 fully saturated rings. The molecular formula is C24H25ClN3O3P3. The lowest BCUT2D eigenvalue weighted by atomic mass is 9.88. The maximum absolute atomic E-state index is 13.8. The molecule has 176 valence electrons. The van der Waals surface area contributed by atoms with Crippen molar-refractivity contribution < 1.29 is 14.3 Å². The number of rotatable bonds is 5. The molecular weight excluding hydrogens is 507 g/mol. The number of nitrogens with one attached hydrogen (secondary N) is 1. The normalized spacial score (nSPS) is 19.9. The zero-order chi connectivity index (χ0) is 24.6. The zero-order valence-corrected chi connectivity index (χ0v) is 22.9. The number of ether oxygens (including phenoxy) is 1. The van der Waals surface area contributed by atoms with Crippen molar-refractivity contribution in [3.63, 3.8) is 0 Å². The lowest BCUT2D eigenvalue weighted by molar-refractivity contribution is -0.118. The van der Waals surface area contributed by atoms with Gasteiger partial charge in [-0.25, -0.2) is 4.98 Å². The topological polar surface area (TPSA) is 71.5 Å². The molecule has 6 atom stereocenters. The molecule has 34 heavy (non-hydrogen) atoms. The molecule has 1 saturated heterocycles. The minimum atomic E-state index is -0.795. The Balaban J connectivity index is 1.80. The number of carbonyl (C=O) groups excluding carboxylic acids is 2. The van der Waals surface area contributed by atoms with Crippen LogP contribution in [0.25, 0.3) is 0 Å². The highest BCUT2D eigenvalue weighted by Gasteiger charge is 2.49. The van der Waals surface area contributed by atoms with Gasteiger partial charge in [-0.1, -0.05) is 11.6 Å². The molecule has 6 nitrogen and oxygen atoms in total. The van der Waals surface area contributed by atoms with E-state index in [1.54, 1.807) is 42.5 Å². The number of aromatic nitrogens is 1. The lowest BCUT2D eigenvalue weighted by Gasteiger charge is -2.27. The molecule has 0 spiro atoms. The van der Waals surface area contributed by atoms with Crippen molar-refractivity contribution in [2.75, 3.05) is 12.0 Å². The summed E-state index contributed by atoms with van der Waals surface area (Å²) in [5.74, 6) is 0.381. The molecule has 2 aromatic carbocycles. The maximum Gasteiger partial charge on any atom is 0.251 e. The van der Waals surface area contributed by atoms with E-state index in [1.807, 2.05) is 31.2 Å². The van der Waals surface area contributed by atoms with Crippen LogP contribution in [0, 0.1) is 0 Å². The van der Waals surface area contributed by atoms with Crippen molar-refractivity contribution in [2.45, 2.75) is 24.9 Å². The van der Waals surface area contributed by atoms with Gasteiger partial charge in [0.15, 0.2) is 0 Å². The van der Waals surface area contributed by atoms with E-state index in [1.165, 1.54) is 0 Å². The van der Waals surface area contributed by atoms with Gasteiger partial charge in [-0.15, -0.1) is 27.7 Å². The van der Waals surface area contributed by atoms with Crippen molar-refractivity contribution in [3.05, 3.63) is 70.9 Å². The SMILES string of the molecule is COc1cc(P)c([C@H]2[C@H](NC(=O)c3ccc(Cl)cc3)C(=O)N(c3ncccc3P)[C@H]2C)c(P)c1. The number of carbonyl (C=O) groups is 2. The second-order valence-corrected chi connectivity index (χ2v) is 10.4. The number of amides is 2. The quantitative estimate of drug-likeness (QED) is 0.514. The fourth-order valence-corrected chi connectivity index (χ4v) is 6.07. The summed E-state index contributed by atoms with van der Waals surface area (Å²) in [5, 5.41) is 6.12. The van der Waals surface area contributed by atoms with Gasteiger partial charge in [-0.3, -0.25) is 14.5 Å². The van der Waals surface area contributed by atoms with E-state index < -0.39 is 6.04 Å². The molecule has 3 aromatic rings. The molecule has 1 aliphatic rings. The van der Waals surface area contributed by atoms with Crippen LogP contribution in [0.2, 0.25) is 5.02 Å². The van der Waals surface area contributed by atoms with Gasteiger partial charge in [-0.05, 0) is 71.6 Å². The van der Waals surface area contributed by atoms with Crippen molar-refractivity contribution in [1.29, 1.82) is 0 Å². The van der Waals surface area contributed by atoms with E-state index in [4.69, 9.17) is 16.3 Å². The third-order valence-electron chi connectivity index (χ3n) is 6.01. The molecule has 0 radical (unpaired) electrons.